The zero-order valence-corrected chi connectivity index (χ0v) is 7.62. The molecule has 1 rings (SSSR count). The van der Waals surface area contributed by atoms with Crippen molar-refractivity contribution >= 4 is 23.2 Å². The Hall–Kier alpha value is -1.29. The highest BCUT2D eigenvalue weighted by Crippen LogP contribution is 2.29. The van der Waals surface area contributed by atoms with Gasteiger partial charge in [0.05, 0.1) is 15.6 Å². The first kappa shape index (κ1) is 9.80. The van der Waals surface area contributed by atoms with Gasteiger partial charge in [0.25, 0.3) is 0 Å². The molecule has 0 fully saturated rings. The second kappa shape index (κ2) is 3.62. The van der Waals surface area contributed by atoms with Crippen LogP contribution in [0.1, 0.15) is 11.1 Å². The maximum Gasteiger partial charge on any atom is 0.160 e. The molecule has 13 heavy (non-hydrogen) atoms. The predicted molar refractivity (Wildman–Crippen MR) is 45.9 cm³/mol. The van der Waals surface area contributed by atoms with Gasteiger partial charge >= 0.3 is 0 Å². The Bertz CT molecular complexity index is 443. The van der Waals surface area contributed by atoms with Crippen molar-refractivity contribution in [2.45, 2.75) is 0 Å². The lowest BCUT2D eigenvalue weighted by Gasteiger charge is -2.00. The van der Waals surface area contributed by atoms with Crippen molar-refractivity contribution < 1.29 is 4.39 Å². The van der Waals surface area contributed by atoms with E-state index in [4.69, 9.17) is 33.7 Å². The molecule has 0 radical (unpaired) electrons. The van der Waals surface area contributed by atoms with Crippen molar-refractivity contribution in [1.29, 1.82) is 10.5 Å². The number of hydrogen-bond acceptors (Lipinski definition) is 2. The summed E-state index contributed by atoms with van der Waals surface area (Å²) in [5.74, 6) is -0.931. The quantitative estimate of drug-likeness (QED) is 0.624. The molecule has 0 atom stereocenters. The zero-order chi connectivity index (χ0) is 10.0. The molecule has 0 amide bonds. The molecule has 5 heteroatoms. The molecule has 64 valence electrons. The van der Waals surface area contributed by atoms with Crippen molar-refractivity contribution in [1.82, 2.24) is 0 Å². The average Bonchev–Trinajstić information content (AvgIpc) is 2.12. The molecule has 0 aliphatic heterocycles. The van der Waals surface area contributed by atoms with Crippen LogP contribution in [0.25, 0.3) is 0 Å². The van der Waals surface area contributed by atoms with E-state index < -0.39 is 11.4 Å². The molecule has 0 bridgehead atoms. The first-order valence-corrected chi connectivity index (χ1v) is 3.85. The highest BCUT2D eigenvalue weighted by molar-refractivity contribution is 6.42. The smallest absolute Gasteiger partial charge is 0.160 e. The summed E-state index contributed by atoms with van der Waals surface area (Å²) in [5, 5.41) is 16.8. The summed E-state index contributed by atoms with van der Waals surface area (Å²) < 4.78 is 13.1. The van der Waals surface area contributed by atoms with Gasteiger partial charge in [-0.3, -0.25) is 0 Å². The largest absolute Gasteiger partial charge is 0.204 e. The molecular formula is C8HCl2FN2. The van der Waals surface area contributed by atoms with Crippen LogP contribution in [0, 0.1) is 28.5 Å². The average molecular weight is 215 g/mol. The molecule has 0 spiro atoms. The van der Waals surface area contributed by atoms with Crippen LogP contribution < -0.4 is 0 Å². The van der Waals surface area contributed by atoms with Gasteiger partial charge in [0.1, 0.15) is 17.7 Å². The Morgan fingerprint density at radius 2 is 1.85 bits per heavy atom. The topological polar surface area (TPSA) is 47.6 Å². The first-order valence-electron chi connectivity index (χ1n) is 3.09. The van der Waals surface area contributed by atoms with E-state index in [-0.39, 0.29) is 15.6 Å². The van der Waals surface area contributed by atoms with Gasteiger partial charge in [-0.05, 0) is 6.07 Å². The third-order valence-corrected chi connectivity index (χ3v) is 2.18. The van der Waals surface area contributed by atoms with Gasteiger partial charge in [-0.15, -0.1) is 0 Å². The number of hydrogen-bond donors (Lipinski definition) is 0. The Morgan fingerprint density at radius 3 is 2.31 bits per heavy atom. The molecule has 0 saturated carbocycles. The molecule has 1 aromatic carbocycles. The van der Waals surface area contributed by atoms with E-state index in [0.29, 0.717) is 0 Å². The van der Waals surface area contributed by atoms with Gasteiger partial charge in [-0.2, -0.15) is 10.5 Å². The summed E-state index contributed by atoms with van der Waals surface area (Å²) in [6, 6.07) is 4.19. The molecule has 0 aromatic heterocycles. The van der Waals surface area contributed by atoms with Crippen molar-refractivity contribution in [2.24, 2.45) is 0 Å². The number of nitrogens with zero attached hydrogens (tertiary/aromatic N) is 2. The van der Waals surface area contributed by atoms with Crippen molar-refractivity contribution in [2.75, 3.05) is 0 Å². The normalized spacial score (nSPS) is 9.00. The molecule has 0 saturated heterocycles. The molecular weight excluding hydrogens is 214 g/mol. The Kier molecular flexibility index (Phi) is 2.72. The van der Waals surface area contributed by atoms with Crippen LogP contribution >= 0.6 is 23.2 Å². The Labute approximate surface area is 83.7 Å². The predicted octanol–water partition coefficient (Wildman–Crippen LogP) is 2.88. The fraction of sp³-hybridized carbons (Fsp3) is 0. The molecule has 2 nitrogen and oxygen atoms in total. The van der Waals surface area contributed by atoms with Crippen LogP contribution in [0.5, 0.6) is 0 Å². The molecule has 0 unspecified atom stereocenters. The lowest BCUT2D eigenvalue weighted by molar-refractivity contribution is 0.620. The van der Waals surface area contributed by atoms with E-state index in [1.54, 1.807) is 6.07 Å². The maximum atomic E-state index is 13.1. The maximum absolute atomic E-state index is 13.1. The first-order chi connectivity index (χ1) is 6.11. The summed E-state index contributed by atoms with van der Waals surface area (Å²) >= 11 is 11.1. The van der Waals surface area contributed by atoms with Gasteiger partial charge in [-0.1, -0.05) is 23.2 Å². The molecule has 1 aromatic rings. The molecule has 0 aliphatic rings. The van der Waals surface area contributed by atoms with Gasteiger partial charge in [0.15, 0.2) is 5.82 Å². The van der Waals surface area contributed by atoms with Crippen molar-refractivity contribution in [3.05, 3.63) is 33.1 Å². The number of benzene rings is 1. The van der Waals surface area contributed by atoms with Gasteiger partial charge < -0.3 is 0 Å². The Morgan fingerprint density at radius 1 is 1.23 bits per heavy atom. The number of halogens is 3. The summed E-state index contributed by atoms with van der Waals surface area (Å²) in [6.45, 7) is 0. The lowest BCUT2D eigenvalue weighted by atomic mass is 10.1. The highest BCUT2D eigenvalue weighted by atomic mass is 35.5. The summed E-state index contributed by atoms with van der Waals surface area (Å²) in [6.07, 6.45) is 0. The standard InChI is InChI=1S/C8HCl2FN2/c9-6-1-4(2-12)8(11)5(3-13)7(6)10/h1H. The second-order valence-corrected chi connectivity index (χ2v) is 2.92. The van der Waals surface area contributed by atoms with E-state index >= 15 is 0 Å². The van der Waals surface area contributed by atoms with E-state index in [9.17, 15) is 4.39 Å². The van der Waals surface area contributed by atoms with E-state index in [0.717, 1.165) is 6.07 Å². The van der Waals surface area contributed by atoms with E-state index in [2.05, 4.69) is 0 Å². The van der Waals surface area contributed by atoms with Gasteiger partial charge in [-0.25, -0.2) is 4.39 Å². The van der Waals surface area contributed by atoms with E-state index in [1.807, 2.05) is 0 Å². The minimum atomic E-state index is -0.931. The van der Waals surface area contributed by atoms with Crippen molar-refractivity contribution in [3.8, 4) is 12.1 Å². The lowest BCUT2D eigenvalue weighted by Crippen LogP contribution is -1.91. The fourth-order valence-electron chi connectivity index (χ4n) is 0.783. The highest BCUT2D eigenvalue weighted by Gasteiger charge is 2.15. The van der Waals surface area contributed by atoms with Gasteiger partial charge in [0.2, 0.25) is 0 Å². The molecule has 0 aliphatic carbocycles. The van der Waals surface area contributed by atoms with Crippen LogP contribution in [0.15, 0.2) is 6.07 Å². The number of nitriles is 2. The van der Waals surface area contributed by atoms with Crippen molar-refractivity contribution in [3.63, 3.8) is 0 Å². The van der Waals surface area contributed by atoms with E-state index in [1.165, 1.54) is 6.07 Å². The van der Waals surface area contributed by atoms with Crippen LogP contribution in [-0.4, -0.2) is 0 Å². The van der Waals surface area contributed by atoms with Crippen LogP contribution in [0.3, 0.4) is 0 Å². The molecule has 0 heterocycles. The van der Waals surface area contributed by atoms with Crippen LogP contribution in [0.2, 0.25) is 10.0 Å². The summed E-state index contributed by atoms with van der Waals surface area (Å²) in [5.41, 5.74) is -0.684. The third kappa shape index (κ3) is 1.58. The summed E-state index contributed by atoms with van der Waals surface area (Å²) in [7, 11) is 0. The zero-order valence-electron chi connectivity index (χ0n) is 6.11. The fourth-order valence-corrected chi connectivity index (χ4v) is 1.17. The Balaban J connectivity index is 3.63. The number of rotatable bonds is 0. The minimum absolute atomic E-state index is 0.00355. The van der Waals surface area contributed by atoms with Gasteiger partial charge in [0, 0.05) is 0 Å². The van der Waals surface area contributed by atoms with Crippen LogP contribution in [-0.2, 0) is 0 Å². The summed E-state index contributed by atoms with van der Waals surface area (Å²) in [4.78, 5) is 0. The minimum Gasteiger partial charge on any atom is -0.204 e. The van der Waals surface area contributed by atoms with Crippen LogP contribution in [0.4, 0.5) is 4.39 Å². The monoisotopic (exact) mass is 214 g/mol. The SMILES string of the molecule is N#Cc1cc(Cl)c(Cl)c(C#N)c1F. The second-order valence-electron chi connectivity index (χ2n) is 2.13. The molecule has 0 N–H and O–H groups in total. The third-order valence-electron chi connectivity index (χ3n) is 1.39.